The van der Waals surface area contributed by atoms with Gasteiger partial charge in [0.15, 0.2) is 0 Å². The van der Waals surface area contributed by atoms with Gasteiger partial charge < -0.3 is 5.32 Å². The lowest BCUT2D eigenvalue weighted by Gasteiger charge is -2.18. The van der Waals surface area contributed by atoms with Crippen molar-refractivity contribution < 1.29 is 0 Å². The number of benzene rings is 1. The van der Waals surface area contributed by atoms with Crippen LogP contribution in [0, 0.1) is 19.8 Å². The minimum atomic E-state index is 0.479. The lowest BCUT2D eigenvalue weighted by atomic mass is 9.99. The van der Waals surface area contributed by atoms with Crippen molar-refractivity contribution in [3.8, 4) is 0 Å². The number of rotatable bonds is 5. The Labute approximate surface area is 112 Å². The molecule has 1 heteroatoms. The molecule has 2 rings (SSSR count). The summed E-state index contributed by atoms with van der Waals surface area (Å²) in [4.78, 5) is 0. The number of hydrogen-bond acceptors (Lipinski definition) is 1. The van der Waals surface area contributed by atoms with Crippen molar-refractivity contribution in [2.75, 3.05) is 6.54 Å². The average Bonchev–Trinajstić information content (AvgIpc) is 2.81. The van der Waals surface area contributed by atoms with Crippen LogP contribution >= 0.6 is 0 Å². The van der Waals surface area contributed by atoms with E-state index in [-0.39, 0.29) is 0 Å². The first-order chi connectivity index (χ1) is 8.66. The van der Waals surface area contributed by atoms with Gasteiger partial charge in [-0.1, -0.05) is 49.4 Å². The van der Waals surface area contributed by atoms with E-state index in [4.69, 9.17) is 0 Å². The van der Waals surface area contributed by atoms with Crippen LogP contribution in [0.25, 0.3) is 0 Å². The Kier molecular flexibility index (Phi) is 4.82. The van der Waals surface area contributed by atoms with Crippen LogP contribution in [0.1, 0.15) is 61.8 Å². The second kappa shape index (κ2) is 6.38. The third kappa shape index (κ3) is 3.58. The van der Waals surface area contributed by atoms with E-state index in [1.807, 2.05) is 0 Å². The lowest BCUT2D eigenvalue weighted by molar-refractivity contribution is 0.454. The van der Waals surface area contributed by atoms with Crippen LogP contribution in [0.15, 0.2) is 18.2 Å². The first-order valence-corrected chi connectivity index (χ1v) is 7.47. The Bertz CT molecular complexity index is 377. The second-order valence-electron chi connectivity index (χ2n) is 5.98. The van der Waals surface area contributed by atoms with Crippen LogP contribution in [0.2, 0.25) is 0 Å². The first kappa shape index (κ1) is 13.6. The molecular formula is C17H27N. The Morgan fingerprint density at radius 2 is 1.94 bits per heavy atom. The van der Waals surface area contributed by atoms with Crippen molar-refractivity contribution in [1.82, 2.24) is 5.32 Å². The van der Waals surface area contributed by atoms with Gasteiger partial charge in [0.25, 0.3) is 0 Å². The number of nitrogens with one attached hydrogen (secondary N) is 1. The van der Waals surface area contributed by atoms with Gasteiger partial charge in [-0.2, -0.15) is 0 Å². The molecule has 1 unspecified atom stereocenters. The van der Waals surface area contributed by atoms with Crippen LogP contribution in [-0.2, 0) is 0 Å². The third-order valence-corrected chi connectivity index (χ3v) is 4.37. The predicted octanol–water partition coefficient (Wildman–Crippen LogP) is 4.53. The standard InChI is InChI=1S/C17H27N/c1-13-8-9-17(14(2)12-13)15(3)18-11-10-16-6-4-5-7-16/h8-9,12,15-16,18H,4-7,10-11H2,1-3H3. The molecule has 1 saturated carbocycles. The topological polar surface area (TPSA) is 12.0 Å². The SMILES string of the molecule is Cc1ccc(C(C)NCCC2CCCC2)c(C)c1. The second-order valence-corrected chi connectivity index (χ2v) is 5.98. The quantitative estimate of drug-likeness (QED) is 0.803. The fraction of sp³-hybridized carbons (Fsp3) is 0.647. The molecule has 1 fully saturated rings. The monoisotopic (exact) mass is 245 g/mol. The van der Waals surface area contributed by atoms with E-state index in [9.17, 15) is 0 Å². The van der Waals surface area contributed by atoms with Gasteiger partial charge in [0.05, 0.1) is 0 Å². The fourth-order valence-corrected chi connectivity index (χ4v) is 3.22. The van der Waals surface area contributed by atoms with E-state index < -0.39 is 0 Å². The van der Waals surface area contributed by atoms with Gasteiger partial charge >= 0.3 is 0 Å². The Hall–Kier alpha value is -0.820. The van der Waals surface area contributed by atoms with Gasteiger partial charge in [-0.3, -0.25) is 0 Å². The van der Waals surface area contributed by atoms with E-state index in [1.54, 1.807) is 0 Å². The number of hydrogen-bond donors (Lipinski definition) is 1. The summed E-state index contributed by atoms with van der Waals surface area (Å²) in [5.41, 5.74) is 4.22. The van der Waals surface area contributed by atoms with Crippen LogP contribution in [0.4, 0.5) is 0 Å². The molecule has 0 saturated heterocycles. The van der Waals surface area contributed by atoms with E-state index in [0.29, 0.717) is 6.04 Å². The molecule has 100 valence electrons. The molecule has 1 nitrogen and oxygen atoms in total. The van der Waals surface area contributed by atoms with E-state index in [1.165, 1.54) is 55.3 Å². The molecule has 1 aromatic rings. The van der Waals surface area contributed by atoms with Crippen molar-refractivity contribution in [2.24, 2.45) is 5.92 Å². The molecule has 1 aliphatic carbocycles. The van der Waals surface area contributed by atoms with Crippen molar-refractivity contribution in [2.45, 2.75) is 58.9 Å². The lowest BCUT2D eigenvalue weighted by Crippen LogP contribution is -2.22. The van der Waals surface area contributed by atoms with Gasteiger partial charge in [-0.25, -0.2) is 0 Å². The molecule has 1 atom stereocenters. The van der Waals surface area contributed by atoms with Crippen molar-refractivity contribution in [3.63, 3.8) is 0 Å². The molecule has 1 N–H and O–H groups in total. The molecule has 0 spiro atoms. The highest BCUT2D eigenvalue weighted by Gasteiger charge is 2.15. The molecule has 0 aliphatic heterocycles. The van der Waals surface area contributed by atoms with Crippen molar-refractivity contribution in [1.29, 1.82) is 0 Å². The van der Waals surface area contributed by atoms with Crippen LogP contribution < -0.4 is 5.32 Å². The molecule has 0 bridgehead atoms. The van der Waals surface area contributed by atoms with Crippen LogP contribution in [0.5, 0.6) is 0 Å². The van der Waals surface area contributed by atoms with Gasteiger partial charge in [0, 0.05) is 6.04 Å². The summed E-state index contributed by atoms with van der Waals surface area (Å²) < 4.78 is 0. The van der Waals surface area contributed by atoms with E-state index in [0.717, 1.165) is 5.92 Å². The number of aryl methyl sites for hydroxylation is 2. The molecule has 0 aromatic heterocycles. The zero-order chi connectivity index (χ0) is 13.0. The largest absolute Gasteiger partial charge is 0.310 e. The highest BCUT2D eigenvalue weighted by Crippen LogP contribution is 2.27. The summed E-state index contributed by atoms with van der Waals surface area (Å²) in [7, 11) is 0. The third-order valence-electron chi connectivity index (χ3n) is 4.37. The molecule has 1 aliphatic rings. The minimum absolute atomic E-state index is 0.479. The van der Waals surface area contributed by atoms with Gasteiger partial charge in [0.1, 0.15) is 0 Å². The molecular weight excluding hydrogens is 218 g/mol. The maximum atomic E-state index is 3.69. The Balaban J connectivity index is 1.81. The summed E-state index contributed by atoms with van der Waals surface area (Å²) in [6, 6.07) is 7.26. The molecule has 0 heterocycles. The maximum Gasteiger partial charge on any atom is 0.0294 e. The van der Waals surface area contributed by atoms with E-state index in [2.05, 4.69) is 44.3 Å². The summed E-state index contributed by atoms with van der Waals surface area (Å²) in [6.45, 7) is 7.83. The summed E-state index contributed by atoms with van der Waals surface area (Å²) in [5, 5.41) is 3.69. The van der Waals surface area contributed by atoms with Crippen LogP contribution in [-0.4, -0.2) is 6.54 Å². The van der Waals surface area contributed by atoms with Crippen molar-refractivity contribution in [3.05, 3.63) is 34.9 Å². The highest BCUT2D eigenvalue weighted by molar-refractivity contribution is 5.32. The zero-order valence-electron chi connectivity index (χ0n) is 12.1. The maximum absolute atomic E-state index is 3.69. The zero-order valence-corrected chi connectivity index (χ0v) is 12.1. The first-order valence-electron chi connectivity index (χ1n) is 7.47. The van der Waals surface area contributed by atoms with Gasteiger partial charge in [-0.15, -0.1) is 0 Å². The van der Waals surface area contributed by atoms with Gasteiger partial charge in [-0.05, 0) is 50.8 Å². The Morgan fingerprint density at radius 1 is 1.22 bits per heavy atom. The van der Waals surface area contributed by atoms with E-state index >= 15 is 0 Å². The average molecular weight is 245 g/mol. The molecule has 0 radical (unpaired) electrons. The van der Waals surface area contributed by atoms with Crippen molar-refractivity contribution >= 4 is 0 Å². The van der Waals surface area contributed by atoms with Gasteiger partial charge in [0.2, 0.25) is 0 Å². The summed E-state index contributed by atoms with van der Waals surface area (Å²) in [5.74, 6) is 0.990. The molecule has 18 heavy (non-hydrogen) atoms. The summed E-state index contributed by atoms with van der Waals surface area (Å²) in [6.07, 6.45) is 7.18. The Morgan fingerprint density at radius 3 is 2.61 bits per heavy atom. The smallest absolute Gasteiger partial charge is 0.0294 e. The molecule has 1 aromatic carbocycles. The normalized spacial score (nSPS) is 18.2. The fourth-order valence-electron chi connectivity index (χ4n) is 3.22. The molecule has 0 amide bonds. The minimum Gasteiger partial charge on any atom is -0.310 e. The van der Waals surface area contributed by atoms with Crippen LogP contribution in [0.3, 0.4) is 0 Å². The highest BCUT2D eigenvalue weighted by atomic mass is 14.9. The summed E-state index contributed by atoms with van der Waals surface area (Å²) >= 11 is 0. The predicted molar refractivity (Wildman–Crippen MR) is 78.9 cm³/mol.